The lowest BCUT2D eigenvalue weighted by atomic mass is 10.1. The minimum atomic E-state index is -0.178. The number of H-pyrrole nitrogens is 1. The van der Waals surface area contributed by atoms with Gasteiger partial charge in [0.05, 0.1) is 5.39 Å². The molecule has 0 spiro atoms. The second kappa shape index (κ2) is 7.39. The number of aliphatic hydroxyl groups is 1. The third-order valence-corrected chi connectivity index (χ3v) is 5.03. The lowest BCUT2D eigenvalue weighted by Gasteiger charge is -2.42. The second-order valence-corrected chi connectivity index (χ2v) is 6.61. The molecule has 4 rings (SSSR count). The molecule has 0 bridgehead atoms. The fraction of sp³-hybridized carbons (Fsp3) is 0.368. The SMILES string of the molecule is OCC[C@@H]1CN(c2ncnc3[nH]ccc23)CCN1Cc1ccccc1F. The summed E-state index contributed by atoms with van der Waals surface area (Å²) in [4.78, 5) is 16.3. The summed E-state index contributed by atoms with van der Waals surface area (Å²) in [6.45, 7) is 2.99. The lowest BCUT2D eigenvalue weighted by Crippen LogP contribution is -2.53. The molecule has 26 heavy (non-hydrogen) atoms. The molecule has 3 aromatic rings. The molecule has 136 valence electrons. The average Bonchev–Trinajstić information content (AvgIpc) is 3.14. The first-order valence-corrected chi connectivity index (χ1v) is 8.87. The van der Waals surface area contributed by atoms with Crippen molar-refractivity contribution in [2.75, 3.05) is 31.1 Å². The van der Waals surface area contributed by atoms with Gasteiger partial charge < -0.3 is 15.0 Å². The van der Waals surface area contributed by atoms with Gasteiger partial charge >= 0.3 is 0 Å². The summed E-state index contributed by atoms with van der Waals surface area (Å²) in [5.74, 6) is 0.729. The standard InChI is InChI=1S/C19H22FN5O/c20-17-4-2-1-3-14(17)11-24-8-9-25(12-15(24)6-10-26)19-16-5-7-21-18(16)22-13-23-19/h1-5,7,13,15,26H,6,8-12H2,(H,21,22,23)/t15-/m1/s1. The van der Waals surface area contributed by atoms with E-state index in [9.17, 15) is 9.50 Å². The third kappa shape index (κ3) is 3.27. The number of benzene rings is 1. The van der Waals surface area contributed by atoms with Crippen LogP contribution < -0.4 is 4.90 Å². The molecule has 3 heterocycles. The first-order valence-electron chi connectivity index (χ1n) is 8.87. The molecule has 2 N–H and O–H groups in total. The van der Waals surface area contributed by atoms with E-state index in [1.165, 1.54) is 6.07 Å². The van der Waals surface area contributed by atoms with Gasteiger partial charge in [0.2, 0.25) is 0 Å². The Kier molecular flexibility index (Phi) is 4.81. The minimum Gasteiger partial charge on any atom is -0.396 e. The van der Waals surface area contributed by atoms with Crippen molar-refractivity contribution in [3.8, 4) is 0 Å². The zero-order chi connectivity index (χ0) is 17.9. The van der Waals surface area contributed by atoms with Gasteiger partial charge in [-0.3, -0.25) is 4.90 Å². The monoisotopic (exact) mass is 355 g/mol. The molecule has 1 saturated heterocycles. The number of aliphatic hydroxyl groups excluding tert-OH is 1. The zero-order valence-corrected chi connectivity index (χ0v) is 14.5. The molecule has 2 aromatic heterocycles. The number of aromatic amines is 1. The van der Waals surface area contributed by atoms with E-state index in [2.05, 4.69) is 24.8 Å². The summed E-state index contributed by atoms with van der Waals surface area (Å²) in [5.41, 5.74) is 1.52. The van der Waals surface area contributed by atoms with E-state index in [-0.39, 0.29) is 18.5 Å². The number of nitrogens with zero attached hydrogens (tertiary/aromatic N) is 4. The summed E-state index contributed by atoms with van der Waals surface area (Å²) in [7, 11) is 0. The van der Waals surface area contributed by atoms with Gasteiger partial charge in [-0.05, 0) is 18.6 Å². The molecule has 0 amide bonds. The first-order chi connectivity index (χ1) is 12.8. The maximum absolute atomic E-state index is 14.0. The van der Waals surface area contributed by atoms with Gasteiger partial charge in [0, 0.05) is 50.6 Å². The van der Waals surface area contributed by atoms with Crippen molar-refractivity contribution in [2.24, 2.45) is 0 Å². The van der Waals surface area contributed by atoms with Crippen molar-refractivity contribution in [3.63, 3.8) is 0 Å². The summed E-state index contributed by atoms with van der Waals surface area (Å²) < 4.78 is 14.0. The number of fused-ring (bicyclic) bond motifs is 1. The normalized spacial score (nSPS) is 18.5. The molecule has 7 heteroatoms. The van der Waals surface area contributed by atoms with Crippen LogP contribution in [0.15, 0.2) is 42.9 Å². The number of anilines is 1. The van der Waals surface area contributed by atoms with Crippen molar-refractivity contribution in [1.82, 2.24) is 19.9 Å². The van der Waals surface area contributed by atoms with E-state index in [0.29, 0.717) is 18.5 Å². The Morgan fingerprint density at radius 1 is 1.19 bits per heavy atom. The molecule has 1 aliphatic heterocycles. The highest BCUT2D eigenvalue weighted by atomic mass is 19.1. The number of rotatable bonds is 5. The Morgan fingerprint density at radius 2 is 2.08 bits per heavy atom. The molecule has 0 radical (unpaired) electrons. The van der Waals surface area contributed by atoms with Gasteiger partial charge in [0.25, 0.3) is 0 Å². The predicted octanol–water partition coefficient (Wildman–Crippen LogP) is 2.17. The maximum Gasteiger partial charge on any atom is 0.142 e. The Hall–Kier alpha value is -2.51. The van der Waals surface area contributed by atoms with E-state index in [4.69, 9.17) is 0 Å². The summed E-state index contributed by atoms with van der Waals surface area (Å²) in [6.07, 6.45) is 4.08. The van der Waals surface area contributed by atoms with Crippen LogP contribution in [0.5, 0.6) is 0 Å². The lowest BCUT2D eigenvalue weighted by molar-refractivity contribution is 0.134. The fourth-order valence-corrected chi connectivity index (χ4v) is 3.67. The molecule has 0 aliphatic carbocycles. The zero-order valence-electron chi connectivity index (χ0n) is 14.5. The molecule has 1 aliphatic rings. The van der Waals surface area contributed by atoms with Crippen LogP contribution in [0.25, 0.3) is 11.0 Å². The summed E-state index contributed by atoms with van der Waals surface area (Å²) in [6, 6.07) is 9.01. The number of hydrogen-bond acceptors (Lipinski definition) is 5. The Bertz CT molecular complexity index is 883. The first kappa shape index (κ1) is 16.9. The number of hydrogen-bond donors (Lipinski definition) is 2. The number of aromatic nitrogens is 3. The van der Waals surface area contributed by atoms with Crippen LogP contribution in [0.4, 0.5) is 10.2 Å². The fourth-order valence-electron chi connectivity index (χ4n) is 3.67. The van der Waals surface area contributed by atoms with Crippen LogP contribution in [0.1, 0.15) is 12.0 Å². The van der Waals surface area contributed by atoms with E-state index in [1.807, 2.05) is 24.4 Å². The predicted molar refractivity (Wildman–Crippen MR) is 98.4 cm³/mol. The highest BCUT2D eigenvalue weighted by Crippen LogP contribution is 2.26. The van der Waals surface area contributed by atoms with Crippen LogP contribution >= 0.6 is 0 Å². The molecule has 0 saturated carbocycles. The maximum atomic E-state index is 14.0. The van der Waals surface area contributed by atoms with Crippen LogP contribution in [0.2, 0.25) is 0 Å². The van der Waals surface area contributed by atoms with Crippen LogP contribution in [0, 0.1) is 5.82 Å². The number of nitrogens with one attached hydrogen (secondary N) is 1. The highest BCUT2D eigenvalue weighted by molar-refractivity contribution is 5.87. The van der Waals surface area contributed by atoms with Crippen molar-refractivity contribution in [2.45, 2.75) is 19.0 Å². The van der Waals surface area contributed by atoms with Crippen molar-refractivity contribution in [3.05, 3.63) is 54.2 Å². The van der Waals surface area contributed by atoms with Crippen molar-refractivity contribution >= 4 is 16.9 Å². The van der Waals surface area contributed by atoms with E-state index >= 15 is 0 Å². The van der Waals surface area contributed by atoms with Crippen LogP contribution in [-0.4, -0.2) is 57.2 Å². The van der Waals surface area contributed by atoms with Gasteiger partial charge in [-0.25, -0.2) is 14.4 Å². The Morgan fingerprint density at radius 3 is 2.92 bits per heavy atom. The molecule has 1 fully saturated rings. The number of piperazine rings is 1. The second-order valence-electron chi connectivity index (χ2n) is 6.61. The molecule has 1 atom stereocenters. The van der Waals surface area contributed by atoms with Gasteiger partial charge in [-0.15, -0.1) is 0 Å². The molecular formula is C19H22FN5O. The smallest absolute Gasteiger partial charge is 0.142 e. The third-order valence-electron chi connectivity index (χ3n) is 5.03. The molecule has 6 nitrogen and oxygen atoms in total. The van der Waals surface area contributed by atoms with Gasteiger partial charge in [0.15, 0.2) is 0 Å². The van der Waals surface area contributed by atoms with Crippen molar-refractivity contribution < 1.29 is 9.50 Å². The molecule has 0 unspecified atom stereocenters. The Balaban J connectivity index is 1.55. The largest absolute Gasteiger partial charge is 0.396 e. The summed E-state index contributed by atoms with van der Waals surface area (Å²) >= 11 is 0. The van der Waals surface area contributed by atoms with E-state index < -0.39 is 0 Å². The van der Waals surface area contributed by atoms with Crippen LogP contribution in [-0.2, 0) is 6.54 Å². The average molecular weight is 355 g/mol. The van der Waals surface area contributed by atoms with Gasteiger partial charge in [0.1, 0.15) is 23.6 Å². The number of halogens is 1. The van der Waals surface area contributed by atoms with Gasteiger partial charge in [-0.2, -0.15) is 0 Å². The van der Waals surface area contributed by atoms with Crippen molar-refractivity contribution in [1.29, 1.82) is 0 Å². The van der Waals surface area contributed by atoms with E-state index in [0.717, 1.165) is 36.5 Å². The summed E-state index contributed by atoms with van der Waals surface area (Å²) in [5, 5.41) is 10.5. The molecular weight excluding hydrogens is 333 g/mol. The minimum absolute atomic E-state index is 0.107. The molecule has 1 aromatic carbocycles. The highest BCUT2D eigenvalue weighted by Gasteiger charge is 2.28. The topological polar surface area (TPSA) is 68.3 Å². The quantitative estimate of drug-likeness (QED) is 0.734. The Labute approximate surface area is 151 Å². The van der Waals surface area contributed by atoms with Crippen LogP contribution in [0.3, 0.4) is 0 Å². The van der Waals surface area contributed by atoms with Gasteiger partial charge in [-0.1, -0.05) is 18.2 Å². The van der Waals surface area contributed by atoms with E-state index in [1.54, 1.807) is 12.4 Å².